The Morgan fingerprint density at radius 1 is 1.11 bits per heavy atom. The van der Waals surface area contributed by atoms with Crippen molar-refractivity contribution >= 4 is 11.8 Å². The molecule has 6 heteroatoms. The van der Waals surface area contributed by atoms with Crippen LogP contribution in [0.4, 0.5) is 0 Å². The van der Waals surface area contributed by atoms with Gasteiger partial charge in [-0.3, -0.25) is 14.3 Å². The summed E-state index contributed by atoms with van der Waals surface area (Å²) in [5.74, 6) is 0.959. The van der Waals surface area contributed by atoms with Crippen LogP contribution in [0, 0.1) is 25.7 Å². The highest BCUT2D eigenvalue weighted by Gasteiger charge is 2.49. The third kappa shape index (κ3) is 3.32. The van der Waals surface area contributed by atoms with Crippen molar-refractivity contribution in [2.45, 2.75) is 39.8 Å². The third-order valence-corrected chi connectivity index (χ3v) is 6.39. The van der Waals surface area contributed by atoms with Crippen molar-refractivity contribution in [3.63, 3.8) is 0 Å². The highest BCUT2D eigenvalue weighted by atomic mass is 16.2. The van der Waals surface area contributed by atoms with E-state index in [4.69, 9.17) is 0 Å². The summed E-state index contributed by atoms with van der Waals surface area (Å²) in [6.45, 7) is 8.58. The molecule has 2 saturated heterocycles. The number of rotatable bonds is 4. The fourth-order valence-corrected chi connectivity index (χ4v) is 4.88. The maximum atomic E-state index is 12.8. The summed E-state index contributed by atoms with van der Waals surface area (Å²) in [5.41, 5.74) is 3.49. The molecule has 3 atom stereocenters. The minimum Gasteiger partial charge on any atom is -0.342 e. The van der Waals surface area contributed by atoms with E-state index in [1.165, 1.54) is 11.1 Å². The van der Waals surface area contributed by atoms with Gasteiger partial charge in [0.05, 0.1) is 6.04 Å². The second kappa shape index (κ2) is 7.41. The first-order chi connectivity index (χ1) is 13.5. The van der Waals surface area contributed by atoms with Crippen LogP contribution in [0.3, 0.4) is 0 Å². The lowest BCUT2D eigenvalue weighted by atomic mass is 9.87. The molecule has 2 aliphatic rings. The molecule has 2 aliphatic heterocycles. The number of hydrogen-bond donors (Lipinski definition) is 0. The largest absolute Gasteiger partial charge is 0.342 e. The lowest BCUT2D eigenvalue weighted by molar-refractivity contribution is -0.132. The molecule has 0 aliphatic carbocycles. The van der Waals surface area contributed by atoms with E-state index in [-0.39, 0.29) is 17.9 Å². The maximum absolute atomic E-state index is 12.8. The summed E-state index contributed by atoms with van der Waals surface area (Å²) in [5, 5.41) is 4.26. The molecule has 0 saturated carbocycles. The zero-order valence-electron chi connectivity index (χ0n) is 16.8. The van der Waals surface area contributed by atoms with Crippen molar-refractivity contribution in [2.24, 2.45) is 11.8 Å². The molecule has 28 heavy (non-hydrogen) atoms. The van der Waals surface area contributed by atoms with Crippen molar-refractivity contribution in [2.75, 3.05) is 19.6 Å². The van der Waals surface area contributed by atoms with E-state index in [0.717, 1.165) is 25.3 Å². The highest BCUT2D eigenvalue weighted by Crippen LogP contribution is 2.45. The van der Waals surface area contributed by atoms with E-state index in [2.05, 4.69) is 24.2 Å². The monoisotopic (exact) mass is 380 g/mol. The Hall–Kier alpha value is -2.63. The number of carbonyl (C=O) groups is 2. The van der Waals surface area contributed by atoms with Crippen LogP contribution < -0.4 is 0 Å². The molecule has 0 radical (unpaired) electrons. The number of nitrogens with zero attached hydrogens (tertiary/aromatic N) is 4. The molecule has 0 bridgehead atoms. The van der Waals surface area contributed by atoms with Crippen molar-refractivity contribution < 1.29 is 9.59 Å². The average molecular weight is 380 g/mol. The normalized spacial score (nSPS) is 23.9. The SMILES string of the molecule is CC(=O)N1C[C@H]2CN(C(=O)CCn3nccc3C)C[C@H]2[C@@H]1c1ccccc1C. The number of amides is 2. The van der Waals surface area contributed by atoms with Gasteiger partial charge in [-0.15, -0.1) is 0 Å². The molecule has 0 N–H and O–H groups in total. The average Bonchev–Trinajstić information content (AvgIpc) is 3.34. The second-order valence-corrected chi connectivity index (χ2v) is 8.14. The number of likely N-dealkylation sites (tertiary alicyclic amines) is 2. The Kier molecular flexibility index (Phi) is 4.96. The van der Waals surface area contributed by atoms with Gasteiger partial charge in [0, 0.05) is 63.3 Å². The predicted molar refractivity (Wildman–Crippen MR) is 106 cm³/mol. The second-order valence-electron chi connectivity index (χ2n) is 8.14. The van der Waals surface area contributed by atoms with Crippen LogP contribution >= 0.6 is 0 Å². The Labute approximate surface area is 166 Å². The van der Waals surface area contributed by atoms with Crippen molar-refractivity contribution in [1.82, 2.24) is 19.6 Å². The summed E-state index contributed by atoms with van der Waals surface area (Å²) in [4.78, 5) is 29.1. The minimum atomic E-state index is 0.0647. The van der Waals surface area contributed by atoms with Gasteiger partial charge in [0.25, 0.3) is 0 Å². The van der Waals surface area contributed by atoms with Gasteiger partial charge >= 0.3 is 0 Å². The van der Waals surface area contributed by atoms with Gasteiger partial charge in [-0.25, -0.2) is 0 Å². The van der Waals surface area contributed by atoms with Crippen LogP contribution in [0.25, 0.3) is 0 Å². The molecule has 6 nitrogen and oxygen atoms in total. The van der Waals surface area contributed by atoms with E-state index in [9.17, 15) is 9.59 Å². The first kappa shape index (κ1) is 18.7. The number of benzene rings is 1. The summed E-state index contributed by atoms with van der Waals surface area (Å²) in [7, 11) is 0. The Bertz CT molecular complexity index is 890. The molecule has 4 rings (SSSR count). The number of fused-ring (bicyclic) bond motifs is 1. The molecule has 148 valence electrons. The molecule has 3 heterocycles. The van der Waals surface area contributed by atoms with Gasteiger partial charge in [-0.2, -0.15) is 5.10 Å². The smallest absolute Gasteiger partial charge is 0.224 e. The Morgan fingerprint density at radius 2 is 1.89 bits per heavy atom. The first-order valence-corrected chi connectivity index (χ1v) is 10.0. The summed E-state index contributed by atoms with van der Waals surface area (Å²) >= 11 is 0. The lowest BCUT2D eigenvalue weighted by Crippen LogP contribution is -2.37. The molecule has 0 spiro atoms. The number of hydrogen-bond acceptors (Lipinski definition) is 3. The topological polar surface area (TPSA) is 58.4 Å². The Morgan fingerprint density at radius 3 is 2.57 bits per heavy atom. The number of carbonyl (C=O) groups excluding carboxylic acids is 2. The summed E-state index contributed by atoms with van der Waals surface area (Å²) in [6, 6.07) is 10.3. The molecule has 0 unspecified atom stereocenters. The van der Waals surface area contributed by atoms with Gasteiger partial charge in [0.15, 0.2) is 0 Å². The maximum Gasteiger partial charge on any atom is 0.224 e. The quantitative estimate of drug-likeness (QED) is 0.819. The van der Waals surface area contributed by atoms with E-state index in [1.54, 1.807) is 13.1 Å². The van der Waals surface area contributed by atoms with Gasteiger partial charge in [0.1, 0.15) is 0 Å². The highest BCUT2D eigenvalue weighted by molar-refractivity contribution is 5.77. The van der Waals surface area contributed by atoms with Gasteiger partial charge in [-0.1, -0.05) is 24.3 Å². The third-order valence-electron chi connectivity index (χ3n) is 6.39. The lowest BCUT2D eigenvalue weighted by Gasteiger charge is -2.30. The molecular formula is C22H28N4O2. The zero-order valence-corrected chi connectivity index (χ0v) is 16.8. The van der Waals surface area contributed by atoms with Gasteiger partial charge in [-0.05, 0) is 31.0 Å². The van der Waals surface area contributed by atoms with E-state index >= 15 is 0 Å². The van der Waals surface area contributed by atoms with E-state index < -0.39 is 0 Å². The van der Waals surface area contributed by atoms with Crippen molar-refractivity contribution in [3.05, 3.63) is 53.3 Å². The van der Waals surface area contributed by atoms with Crippen LogP contribution in [-0.2, 0) is 16.1 Å². The minimum absolute atomic E-state index is 0.0647. The molecule has 1 aromatic carbocycles. The van der Waals surface area contributed by atoms with Crippen molar-refractivity contribution in [1.29, 1.82) is 0 Å². The van der Waals surface area contributed by atoms with Gasteiger partial charge in [0.2, 0.25) is 11.8 Å². The molecule has 1 aromatic heterocycles. The van der Waals surface area contributed by atoms with Crippen molar-refractivity contribution in [3.8, 4) is 0 Å². The first-order valence-electron chi connectivity index (χ1n) is 10.0. The zero-order chi connectivity index (χ0) is 19.8. The van der Waals surface area contributed by atoms with Crippen LogP contribution in [0.5, 0.6) is 0 Å². The Balaban J connectivity index is 1.48. The summed E-state index contributed by atoms with van der Waals surface area (Å²) < 4.78 is 1.88. The molecular weight excluding hydrogens is 352 g/mol. The summed E-state index contributed by atoms with van der Waals surface area (Å²) in [6.07, 6.45) is 2.23. The van der Waals surface area contributed by atoms with Crippen LogP contribution in [0.1, 0.15) is 36.2 Å². The number of aryl methyl sites for hydroxylation is 3. The van der Waals surface area contributed by atoms with E-state index in [0.29, 0.717) is 24.8 Å². The molecule has 2 fully saturated rings. The van der Waals surface area contributed by atoms with Crippen LogP contribution in [0.15, 0.2) is 36.5 Å². The van der Waals surface area contributed by atoms with Crippen LogP contribution in [0.2, 0.25) is 0 Å². The number of aromatic nitrogens is 2. The fraction of sp³-hybridized carbons (Fsp3) is 0.500. The standard InChI is InChI=1S/C22H28N4O2/c1-15-6-4-5-7-19(15)22-20-14-24(12-18(20)13-25(22)17(3)27)21(28)9-11-26-16(2)8-10-23-26/h4-8,10,18,20,22H,9,11-14H2,1-3H3/t18-,20-,22+/m1/s1. The fourth-order valence-electron chi connectivity index (χ4n) is 4.88. The molecule has 2 aromatic rings. The molecule has 2 amide bonds. The van der Waals surface area contributed by atoms with E-state index in [1.807, 2.05) is 39.6 Å². The predicted octanol–water partition coefficient (Wildman–Crippen LogP) is 2.57. The van der Waals surface area contributed by atoms with Crippen LogP contribution in [-0.4, -0.2) is 51.0 Å². The van der Waals surface area contributed by atoms with Gasteiger partial charge < -0.3 is 9.80 Å².